The lowest BCUT2D eigenvalue weighted by Gasteiger charge is -2.22. The van der Waals surface area contributed by atoms with Gasteiger partial charge in [0.2, 0.25) is 0 Å². The van der Waals surface area contributed by atoms with E-state index in [0.29, 0.717) is 12.2 Å². The molecular formula is C16H17BrN2O. The molecule has 1 aromatic heterocycles. The second-order valence-electron chi connectivity index (χ2n) is 4.48. The molecule has 0 atom stereocenters. The number of unbranched alkanes of at least 4 members (excludes halogenated alkanes) is 1. The molecule has 0 aliphatic carbocycles. The van der Waals surface area contributed by atoms with Gasteiger partial charge in [-0.3, -0.25) is 4.79 Å². The summed E-state index contributed by atoms with van der Waals surface area (Å²) in [6, 6.07) is 13.4. The Morgan fingerprint density at radius 1 is 1.20 bits per heavy atom. The molecule has 1 amide bonds. The molecule has 0 spiro atoms. The molecule has 3 nitrogen and oxygen atoms in total. The van der Waals surface area contributed by atoms with E-state index >= 15 is 0 Å². The van der Waals surface area contributed by atoms with Crippen molar-refractivity contribution in [1.29, 1.82) is 0 Å². The van der Waals surface area contributed by atoms with Gasteiger partial charge in [-0.05, 0) is 46.6 Å². The van der Waals surface area contributed by atoms with Crippen molar-refractivity contribution in [3.63, 3.8) is 0 Å². The number of halogens is 1. The summed E-state index contributed by atoms with van der Waals surface area (Å²) >= 11 is 3.40. The lowest BCUT2D eigenvalue weighted by Crippen LogP contribution is -2.32. The fourth-order valence-electron chi connectivity index (χ4n) is 1.94. The molecule has 2 rings (SSSR count). The normalized spacial score (nSPS) is 10.3. The van der Waals surface area contributed by atoms with E-state index in [-0.39, 0.29) is 5.91 Å². The molecule has 1 aromatic carbocycles. The highest BCUT2D eigenvalue weighted by Crippen LogP contribution is 2.21. The van der Waals surface area contributed by atoms with Crippen LogP contribution in [0.15, 0.2) is 53.1 Å². The minimum absolute atomic E-state index is 0.0721. The van der Waals surface area contributed by atoms with Gasteiger partial charge in [-0.1, -0.05) is 31.5 Å². The Hall–Kier alpha value is -1.68. The Labute approximate surface area is 127 Å². The minimum atomic E-state index is -0.0721. The van der Waals surface area contributed by atoms with Crippen LogP contribution >= 0.6 is 15.9 Å². The average Bonchev–Trinajstić information content (AvgIpc) is 2.49. The predicted molar refractivity (Wildman–Crippen MR) is 85.0 cm³/mol. The molecule has 0 aliphatic rings. The first-order chi connectivity index (χ1) is 9.74. The van der Waals surface area contributed by atoms with Crippen molar-refractivity contribution in [2.45, 2.75) is 19.8 Å². The molecule has 0 aliphatic heterocycles. The van der Waals surface area contributed by atoms with Crippen LogP contribution in [0.4, 0.5) is 5.69 Å². The second-order valence-corrected chi connectivity index (χ2v) is 5.33. The zero-order valence-electron chi connectivity index (χ0n) is 11.4. The molecule has 0 saturated carbocycles. The number of aromatic nitrogens is 1. The van der Waals surface area contributed by atoms with Gasteiger partial charge in [0.15, 0.2) is 0 Å². The van der Waals surface area contributed by atoms with Gasteiger partial charge in [-0.15, -0.1) is 0 Å². The van der Waals surface area contributed by atoms with Crippen LogP contribution in [0.1, 0.15) is 30.3 Å². The van der Waals surface area contributed by atoms with E-state index in [0.717, 1.165) is 23.0 Å². The van der Waals surface area contributed by atoms with Crippen LogP contribution in [-0.2, 0) is 0 Å². The first kappa shape index (κ1) is 14.7. The Kier molecular flexibility index (Phi) is 5.30. The van der Waals surface area contributed by atoms with E-state index in [1.54, 1.807) is 17.2 Å². The monoisotopic (exact) mass is 332 g/mol. The Morgan fingerprint density at radius 2 is 1.95 bits per heavy atom. The largest absolute Gasteiger partial charge is 0.307 e. The van der Waals surface area contributed by atoms with Crippen molar-refractivity contribution in [2.24, 2.45) is 0 Å². The fourth-order valence-corrected chi connectivity index (χ4v) is 2.37. The van der Waals surface area contributed by atoms with E-state index < -0.39 is 0 Å². The van der Waals surface area contributed by atoms with Crippen LogP contribution in [0, 0.1) is 0 Å². The number of carbonyl (C=O) groups excluding carboxylic acids is 1. The van der Waals surface area contributed by atoms with Crippen molar-refractivity contribution in [1.82, 2.24) is 4.98 Å². The predicted octanol–water partition coefficient (Wildman–Crippen LogP) is 4.29. The Morgan fingerprint density at radius 3 is 2.60 bits per heavy atom. The van der Waals surface area contributed by atoms with Gasteiger partial charge in [0, 0.05) is 22.9 Å². The number of benzene rings is 1. The van der Waals surface area contributed by atoms with Crippen molar-refractivity contribution in [2.75, 3.05) is 11.4 Å². The topological polar surface area (TPSA) is 33.2 Å². The fraction of sp³-hybridized carbons (Fsp3) is 0.250. The number of hydrogen-bond donors (Lipinski definition) is 0. The third kappa shape index (κ3) is 3.45. The first-order valence-electron chi connectivity index (χ1n) is 6.71. The second kappa shape index (κ2) is 7.20. The number of para-hydroxylation sites is 1. The summed E-state index contributed by atoms with van der Waals surface area (Å²) in [6.45, 7) is 2.81. The van der Waals surface area contributed by atoms with E-state index in [1.807, 2.05) is 36.4 Å². The molecule has 4 heteroatoms. The first-order valence-corrected chi connectivity index (χ1v) is 7.50. The average molecular weight is 333 g/mol. The maximum Gasteiger partial charge on any atom is 0.278 e. The molecule has 2 aromatic rings. The summed E-state index contributed by atoms with van der Waals surface area (Å²) in [6.07, 6.45) is 3.64. The highest BCUT2D eigenvalue weighted by molar-refractivity contribution is 9.10. The van der Waals surface area contributed by atoms with E-state index in [4.69, 9.17) is 0 Å². The van der Waals surface area contributed by atoms with Crippen molar-refractivity contribution >= 4 is 27.5 Å². The number of hydrogen-bond acceptors (Lipinski definition) is 2. The molecule has 0 unspecified atom stereocenters. The van der Waals surface area contributed by atoms with Crippen molar-refractivity contribution in [3.8, 4) is 0 Å². The van der Waals surface area contributed by atoms with Crippen LogP contribution in [0.2, 0.25) is 0 Å². The maximum atomic E-state index is 12.7. The quantitative estimate of drug-likeness (QED) is 0.818. The number of rotatable bonds is 5. The van der Waals surface area contributed by atoms with Crippen molar-refractivity contribution < 1.29 is 4.79 Å². The lowest BCUT2D eigenvalue weighted by molar-refractivity contribution is 0.0981. The third-order valence-corrected chi connectivity index (χ3v) is 3.65. The zero-order chi connectivity index (χ0) is 14.4. The van der Waals surface area contributed by atoms with Gasteiger partial charge < -0.3 is 4.90 Å². The van der Waals surface area contributed by atoms with Crippen molar-refractivity contribution in [3.05, 3.63) is 58.8 Å². The highest BCUT2D eigenvalue weighted by Gasteiger charge is 2.20. The zero-order valence-corrected chi connectivity index (χ0v) is 13.0. The molecule has 20 heavy (non-hydrogen) atoms. The number of carbonyl (C=O) groups is 1. The van der Waals surface area contributed by atoms with Crippen LogP contribution < -0.4 is 4.90 Å². The van der Waals surface area contributed by atoms with Gasteiger partial charge in [0.25, 0.3) is 5.91 Å². The highest BCUT2D eigenvalue weighted by atomic mass is 79.9. The molecule has 0 radical (unpaired) electrons. The van der Waals surface area contributed by atoms with E-state index in [1.165, 1.54) is 0 Å². The molecule has 1 heterocycles. The summed E-state index contributed by atoms with van der Waals surface area (Å²) < 4.78 is 0.724. The number of amides is 1. The maximum absolute atomic E-state index is 12.7. The standard InChI is InChI=1S/C16H17BrN2O/c1-2-3-12-19(13-8-5-4-6-9-13)16(20)15-14(17)10-7-11-18-15/h4-11H,2-3,12H2,1H3. The number of anilines is 1. The van der Waals surface area contributed by atoms with Gasteiger partial charge >= 0.3 is 0 Å². The summed E-state index contributed by atoms with van der Waals surface area (Å²) in [4.78, 5) is 18.7. The molecule has 0 saturated heterocycles. The summed E-state index contributed by atoms with van der Waals surface area (Å²) in [5.41, 5.74) is 1.36. The SMILES string of the molecule is CCCCN(C(=O)c1ncccc1Br)c1ccccc1. The van der Waals surface area contributed by atoms with Gasteiger partial charge in [0.1, 0.15) is 5.69 Å². The smallest absolute Gasteiger partial charge is 0.278 e. The van der Waals surface area contributed by atoms with Crippen LogP contribution in [0.5, 0.6) is 0 Å². The molecule has 0 fully saturated rings. The molecule has 0 bridgehead atoms. The van der Waals surface area contributed by atoms with Crippen LogP contribution in [0.3, 0.4) is 0 Å². The van der Waals surface area contributed by atoms with E-state index in [9.17, 15) is 4.79 Å². The summed E-state index contributed by atoms with van der Waals surface area (Å²) in [5.74, 6) is -0.0721. The van der Waals surface area contributed by atoms with Gasteiger partial charge in [-0.2, -0.15) is 0 Å². The Balaban J connectivity index is 2.32. The number of pyridine rings is 1. The van der Waals surface area contributed by atoms with Crippen LogP contribution in [-0.4, -0.2) is 17.4 Å². The summed E-state index contributed by atoms with van der Waals surface area (Å²) in [7, 11) is 0. The molecule has 0 N–H and O–H groups in total. The lowest BCUT2D eigenvalue weighted by atomic mass is 10.2. The van der Waals surface area contributed by atoms with E-state index in [2.05, 4.69) is 27.8 Å². The van der Waals surface area contributed by atoms with Crippen LogP contribution in [0.25, 0.3) is 0 Å². The molecular weight excluding hydrogens is 316 g/mol. The van der Waals surface area contributed by atoms with Gasteiger partial charge in [0.05, 0.1) is 0 Å². The third-order valence-electron chi connectivity index (χ3n) is 3.01. The van der Waals surface area contributed by atoms with Gasteiger partial charge in [-0.25, -0.2) is 4.98 Å². The summed E-state index contributed by atoms with van der Waals surface area (Å²) in [5, 5.41) is 0. The minimum Gasteiger partial charge on any atom is -0.307 e. The Bertz CT molecular complexity index is 572. The number of nitrogens with zero attached hydrogens (tertiary/aromatic N) is 2. The molecule has 104 valence electrons.